The fraction of sp³-hybridized carbons (Fsp3) is 0.375. The number of aryl methyl sites for hydroxylation is 1. The highest BCUT2D eigenvalue weighted by Gasteiger charge is 2.28. The molecule has 0 aliphatic carbocycles. The van der Waals surface area contributed by atoms with E-state index < -0.39 is 0 Å². The van der Waals surface area contributed by atoms with Crippen LogP contribution in [-0.2, 0) is 5.41 Å². The van der Waals surface area contributed by atoms with Crippen LogP contribution >= 0.6 is 11.3 Å². The number of nitrogens with one attached hydrogen (secondary N) is 1. The first kappa shape index (κ1) is 15.7. The molecule has 0 atom stereocenters. The fourth-order valence-corrected chi connectivity index (χ4v) is 3.21. The summed E-state index contributed by atoms with van der Waals surface area (Å²) in [6.07, 6.45) is 0. The molecular formula is C16H20N2O2S. The fourth-order valence-electron chi connectivity index (χ4n) is 2.10. The summed E-state index contributed by atoms with van der Waals surface area (Å²) < 4.78 is 0. The molecule has 21 heavy (non-hydrogen) atoms. The van der Waals surface area contributed by atoms with Gasteiger partial charge in [-0.1, -0.05) is 30.3 Å². The highest BCUT2D eigenvalue weighted by atomic mass is 32.1. The summed E-state index contributed by atoms with van der Waals surface area (Å²) in [5.74, 6) is -0.172. The Balaban J connectivity index is 2.32. The zero-order valence-electron chi connectivity index (χ0n) is 12.5. The van der Waals surface area contributed by atoms with Crippen LogP contribution in [0.2, 0.25) is 0 Å². The largest absolute Gasteiger partial charge is 0.395 e. The molecule has 0 saturated heterocycles. The number of aliphatic hydroxyl groups excluding tert-OH is 1. The van der Waals surface area contributed by atoms with E-state index in [0.29, 0.717) is 4.88 Å². The van der Waals surface area contributed by atoms with Crippen molar-refractivity contribution in [2.45, 2.75) is 26.2 Å². The molecule has 1 aromatic carbocycles. The third-order valence-corrected chi connectivity index (χ3v) is 4.91. The van der Waals surface area contributed by atoms with Crippen molar-refractivity contribution < 1.29 is 9.90 Å². The van der Waals surface area contributed by atoms with Gasteiger partial charge in [-0.25, -0.2) is 4.98 Å². The Morgan fingerprint density at radius 3 is 2.62 bits per heavy atom. The summed E-state index contributed by atoms with van der Waals surface area (Å²) in [4.78, 5) is 17.2. The topological polar surface area (TPSA) is 62.2 Å². The summed E-state index contributed by atoms with van der Waals surface area (Å²) in [6.45, 7) is 6.25. The van der Waals surface area contributed by atoms with Gasteiger partial charge in [-0.15, -0.1) is 11.3 Å². The van der Waals surface area contributed by atoms with E-state index in [2.05, 4.69) is 36.3 Å². The maximum atomic E-state index is 12.0. The number of benzene rings is 1. The highest BCUT2D eigenvalue weighted by Crippen LogP contribution is 2.35. The predicted molar refractivity (Wildman–Crippen MR) is 84.8 cm³/mol. The first-order valence-electron chi connectivity index (χ1n) is 6.89. The van der Waals surface area contributed by atoms with Crippen LogP contribution in [0, 0.1) is 6.92 Å². The molecule has 0 fully saturated rings. The summed E-state index contributed by atoms with van der Waals surface area (Å²) in [7, 11) is 0. The molecule has 0 bridgehead atoms. The molecule has 2 aromatic rings. The van der Waals surface area contributed by atoms with E-state index in [1.54, 1.807) is 0 Å². The minimum absolute atomic E-state index is 0.0635. The summed E-state index contributed by atoms with van der Waals surface area (Å²) in [5.41, 5.74) is 1.65. The van der Waals surface area contributed by atoms with E-state index in [1.165, 1.54) is 16.9 Å². The lowest BCUT2D eigenvalue weighted by molar-refractivity contribution is 0.0948. The number of hydrogen-bond donors (Lipinski definition) is 2. The number of rotatable bonds is 5. The molecule has 0 saturated carbocycles. The molecule has 1 amide bonds. The molecule has 5 heteroatoms. The third-order valence-electron chi connectivity index (χ3n) is 3.43. The van der Waals surface area contributed by atoms with Crippen LogP contribution in [0.1, 0.15) is 39.8 Å². The first-order valence-corrected chi connectivity index (χ1v) is 7.71. The number of aliphatic hydroxyl groups is 1. The van der Waals surface area contributed by atoms with Crippen LogP contribution < -0.4 is 5.32 Å². The standard InChI is InChI=1S/C16H20N2O2S/c1-11-13(14(20)17-9-10-19)21-15(18-11)16(2,3)12-7-5-4-6-8-12/h4-8,19H,9-10H2,1-3H3,(H,17,20). The van der Waals surface area contributed by atoms with Crippen LogP contribution in [0.5, 0.6) is 0 Å². The molecule has 1 aromatic heterocycles. The van der Waals surface area contributed by atoms with E-state index in [0.717, 1.165) is 10.7 Å². The van der Waals surface area contributed by atoms with Gasteiger partial charge in [0.1, 0.15) is 9.88 Å². The second-order valence-electron chi connectivity index (χ2n) is 5.40. The molecule has 112 valence electrons. The zero-order chi connectivity index (χ0) is 15.5. The molecule has 0 unspecified atom stereocenters. The normalized spacial score (nSPS) is 11.4. The van der Waals surface area contributed by atoms with E-state index in [4.69, 9.17) is 5.11 Å². The van der Waals surface area contributed by atoms with Crippen molar-refractivity contribution in [2.75, 3.05) is 13.2 Å². The average Bonchev–Trinajstić information content (AvgIpc) is 2.88. The molecule has 2 rings (SSSR count). The summed E-state index contributed by atoms with van der Waals surface area (Å²) in [5, 5.41) is 12.4. The minimum Gasteiger partial charge on any atom is -0.395 e. The van der Waals surface area contributed by atoms with Crippen molar-refractivity contribution in [1.29, 1.82) is 0 Å². The van der Waals surface area contributed by atoms with Crippen LogP contribution in [0.25, 0.3) is 0 Å². The quantitative estimate of drug-likeness (QED) is 0.892. The minimum atomic E-state index is -0.244. The Morgan fingerprint density at radius 1 is 1.33 bits per heavy atom. The van der Waals surface area contributed by atoms with E-state index in [9.17, 15) is 4.79 Å². The number of amides is 1. The number of hydrogen-bond acceptors (Lipinski definition) is 4. The Labute approximate surface area is 128 Å². The third kappa shape index (κ3) is 3.31. The Bertz CT molecular complexity index is 620. The number of carbonyl (C=O) groups excluding carboxylic acids is 1. The second-order valence-corrected chi connectivity index (χ2v) is 6.40. The van der Waals surface area contributed by atoms with Gasteiger partial charge in [-0.2, -0.15) is 0 Å². The zero-order valence-corrected chi connectivity index (χ0v) is 13.3. The van der Waals surface area contributed by atoms with Gasteiger partial charge in [0.25, 0.3) is 5.91 Å². The van der Waals surface area contributed by atoms with Gasteiger partial charge < -0.3 is 10.4 Å². The SMILES string of the molecule is Cc1nc(C(C)(C)c2ccccc2)sc1C(=O)NCCO. The van der Waals surface area contributed by atoms with Gasteiger partial charge in [-0.3, -0.25) is 4.79 Å². The van der Waals surface area contributed by atoms with Gasteiger partial charge in [0.2, 0.25) is 0 Å². The monoisotopic (exact) mass is 304 g/mol. The average molecular weight is 304 g/mol. The Kier molecular flexibility index (Phi) is 4.75. The smallest absolute Gasteiger partial charge is 0.263 e. The van der Waals surface area contributed by atoms with Crippen LogP contribution in [0.3, 0.4) is 0 Å². The number of carbonyl (C=O) groups is 1. The number of nitrogens with zero attached hydrogens (tertiary/aromatic N) is 1. The highest BCUT2D eigenvalue weighted by molar-refractivity contribution is 7.14. The predicted octanol–water partition coefficient (Wildman–Crippen LogP) is 2.50. The van der Waals surface area contributed by atoms with Crippen LogP contribution in [0.15, 0.2) is 30.3 Å². The molecule has 1 heterocycles. The van der Waals surface area contributed by atoms with Crippen LogP contribution in [-0.4, -0.2) is 29.1 Å². The number of aromatic nitrogens is 1. The summed E-state index contributed by atoms with van der Waals surface area (Å²) >= 11 is 1.42. The lowest BCUT2D eigenvalue weighted by Gasteiger charge is -2.22. The van der Waals surface area contributed by atoms with Crippen molar-refractivity contribution in [3.8, 4) is 0 Å². The maximum Gasteiger partial charge on any atom is 0.263 e. The van der Waals surface area contributed by atoms with Crippen molar-refractivity contribution in [2.24, 2.45) is 0 Å². The first-order chi connectivity index (χ1) is 9.96. The van der Waals surface area contributed by atoms with E-state index in [1.807, 2.05) is 25.1 Å². The van der Waals surface area contributed by atoms with Crippen molar-refractivity contribution in [1.82, 2.24) is 10.3 Å². The van der Waals surface area contributed by atoms with E-state index >= 15 is 0 Å². The van der Waals surface area contributed by atoms with Crippen molar-refractivity contribution >= 4 is 17.2 Å². The van der Waals surface area contributed by atoms with Gasteiger partial charge in [0, 0.05) is 12.0 Å². The number of thiazole rings is 1. The van der Waals surface area contributed by atoms with Gasteiger partial charge in [0.15, 0.2) is 0 Å². The van der Waals surface area contributed by atoms with Gasteiger partial charge in [-0.05, 0) is 26.3 Å². The van der Waals surface area contributed by atoms with Gasteiger partial charge >= 0.3 is 0 Å². The molecule has 0 spiro atoms. The molecular weight excluding hydrogens is 284 g/mol. The lowest BCUT2D eigenvalue weighted by Crippen LogP contribution is -2.26. The maximum absolute atomic E-state index is 12.0. The van der Waals surface area contributed by atoms with Crippen molar-refractivity contribution in [3.63, 3.8) is 0 Å². The lowest BCUT2D eigenvalue weighted by atomic mass is 9.85. The van der Waals surface area contributed by atoms with E-state index in [-0.39, 0.29) is 24.5 Å². The Morgan fingerprint density at radius 2 is 2.00 bits per heavy atom. The Hall–Kier alpha value is -1.72. The molecule has 0 radical (unpaired) electrons. The van der Waals surface area contributed by atoms with Gasteiger partial charge in [0.05, 0.1) is 12.3 Å². The second kappa shape index (κ2) is 6.37. The molecule has 2 N–H and O–H groups in total. The summed E-state index contributed by atoms with van der Waals surface area (Å²) in [6, 6.07) is 10.1. The van der Waals surface area contributed by atoms with Crippen molar-refractivity contribution in [3.05, 3.63) is 51.5 Å². The molecule has 0 aliphatic heterocycles. The molecule has 4 nitrogen and oxygen atoms in total. The molecule has 0 aliphatic rings. The van der Waals surface area contributed by atoms with Crippen LogP contribution in [0.4, 0.5) is 0 Å².